The van der Waals surface area contributed by atoms with Gasteiger partial charge in [-0.15, -0.1) is 10.2 Å². The summed E-state index contributed by atoms with van der Waals surface area (Å²) in [7, 11) is 0. The third kappa shape index (κ3) is 3.06. The highest BCUT2D eigenvalue weighted by Crippen LogP contribution is 2.30. The van der Waals surface area contributed by atoms with Gasteiger partial charge in [-0.25, -0.2) is 0 Å². The Labute approximate surface area is 173 Å². The molecule has 144 valence electrons. The smallest absolute Gasteiger partial charge is 0.291 e. The van der Waals surface area contributed by atoms with Gasteiger partial charge in [0.25, 0.3) is 5.91 Å². The van der Waals surface area contributed by atoms with Gasteiger partial charge in [0.05, 0.1) is 0 Å². The van der Waals surface area contributed by atoms with E-state index < -0.39 is 0 Å². The third-order valence-electron chi connectivity index (χ3n) is 4.62. The number of halogens is 1. The van der Waals surface area contributed by atoms with Crippen LogP contribution in [0, 0.1) is 13.8 Å². The van der Waals surface area contributed by atoms with Crippen LogP contribution in [0.4, 0.5) is 5.69 Å². The normalized spacial score (nSPS) is 11.4. The molecule has 0 atom stereocenters. The molecule has 0 saturated heterocycles. The molecule has 3 heterocycles. The largest absolute Gasteiger partial charge is 0.451 e. The number of aryl methyl sites for hydroxylation is 2. The van der Waals surface area contributed by atoms with E-state index in [1.807, 2.05) is 38.1 Å². The molecule has 0 aliphatic carbocycles. The van der Waals surface area contributed by atoms with E-state index in [4.69, 9.17) is 16.0 Å². The van der Waals surface area contributed by atoms with Crippen LogP contribution in [-0.4, -0.2) is 25.7 Å². The maximum atomic E-state index is 12.8. The third-order valence-corrected chi connectivity index (χ3v) is 5.80. The van der Waals surface area contributed by atoms with E-state index in [-0.39, 0.29) is 11.7 Å². The number of aromatic nitrogens is 4. The molecule has 5 rings (SSSR count). The van der Waals surface area contributed by atoms with Crippen LogP contribution >= 0.6 is 22.9 Å². The Morgan fingerprint density at radius 3 is 2.86 bits per heavy atom. The van der Waals surface area contributed by atoms with Crippen molar-refractivity contribution >= 4 is 50.5 Å². The van der Waals surface area contributed by atoms with Crippen LogP contribution in [0.2, 0.25) is 5.02 Å². The number of amides is 1. The summed E-state index contributed by atoms with van der Waals surface area (Å²) >= 11 is 7.49. The summed E-state index contributed by atoms with van der Waals surface area (Å²) in [6.45, 7) is 3.69. The Hall–Kier alpha value is -3.23. The molecule has 0 unspecified atom stereocenters. The number of carbonyl (C=O) groups is 1. The SMILES string of the molecule is Cc1c(C(=O)Nc2cccc(-c3nn4c(C)nnc4s3)c2)oc2ccc(Cl)cc12. The number of anilines is 1. The van der Waals surface area contributed by atoms with Gasteiger partial charge in [-0.3, -0.25) is 4.79 Å². The van der Waals surface area contributed by atoms with E-state index in [9.17, 15) is 4.79 Å². The number of furan rings is 1. The monoisotopic (exact) mass is 423 g/mol. The number of carbonyl (C=O) groups excluding carboxylic acids is 1. The molecule has 0 aliphatic heterocycles. The van der Waals surface area contributed by atoms with Gasteiger partial charge in [0.2, 0.25) is 4.96 Å². The minimum Gasteiger partial charge on any atom is -0.451 e. The topological polar surface area (TPSA) is 85.3 Å². The van der Waals surface area contributed by atoms with Crippen molar-refractivity contribution in [3.05, 3.63) is 64.6 Å². The van der Waals surface area contributed by atoms with Crippen molar-refractivity contribution < 1.29 is 9.21 Å². The summed E-state index contributed by atoms with van der Waals surface area (Å²) in [4.78, 5) is 13.5. The Kier molecular flexibility index (Phi) is 4.11. The summed E-state index contributed by atoms with van der Waals surface area (Å²) in [5.74, 6) is 0.676. The van der Waals surface area contributed by atoms with Crippen molar-refractivity contribution in [3.63, 3.8) is 0 Å². The first-order valence-corrected chi connectivity index (χ1v) is 9.98. The number of nitrogens with one attached hydrogen (secondary N) is 1. The van der Waals surface area contributed by atoms with Crippen LogP contribution in [0.5, 0.6) is 0 Å². The Morgan fingerprint density at radius 1 is 1.17 bits per heavy atom. The summed E-state index contributed by atoms with van der Waals surface area (Å²) in [5, 5.41) is 17.7. The molecular weight excluding hydrogens is 410 g/mol. The van der Waals surface area contributed by atoms with Crippen molar-refractivity contribution in [1.82, 2.24) is 19.8 Å². The number of benzene rings is 2. The van der Waals surface area contributed by atoms with Crippen molar-refractivity contribution in [3.8, 4) is 10.6 Å². The average Bonchev–Trinajstić information content (AvgIpc) is 3.37. The Balaban J connectivity index is 1.45. The molecule has 29 heavy (non-hydrogen) atoms. The molecule has 0 radical (unpaired) electrons. The average molecular weight is 424 g/mol. The predicted octanol–water partition coefficient (Wildman–Crippen LogP) is 5.12. The van der Waals surface area contributed by atoms with E-state index >= 15 is 0 Å². The molecule has 0 fully saturated rings. The first-order valence-electron chi connectivity index (χ1n) is 8.79. The van der Waals surface area contributed by atoms with E-state index in [1.165, 1.54) is 11.3 Å². The number of rotatable bonds is 3. The highest BCUT2D eigenvalue weighted by atomic mass is 35.5. The minimum atomic E-state index is -0.319. The lowest BCUT2D eigenvalue weighted by atomic mass is 10.1. The molecule has 5 aromatic rings. The van der Waals surface area contributed by atoms with Crippen LogP contribution < -0.4 is 5.32 Å². The van der Waals surface area contributed by atoms with E-state index in [1.54, 1.807) is 22.7 Å². The molecular formula is C20H14ClN5O2S. The Morgan fingerprint density at radius 2 is 2.03 bits per heavy atom. The molecule has 7 nitrogen and oxygen atoms in total. The molecule has 9 heteroatoms. The molecule has 0 bridgehead atoms. The maximum Gasteiger partial charge on any atom is 0.291 e. The van der Waals surface area contributed by atoms with Crippen LogP contribution in [-0.2, 0) is 0 Å². The van der Waals surface area contributed by atoms with Crippen LogP contribution in [0.3, 0.4) is 0 Å². The number of hydrogen-bond acceptors (Lipinski definition) is 6. The lowest BCUT2D eigenvalue weighted by Gasteiger charge is -2.05. The van der Waals surface area contributed by atoms with Crippen molar-refractivity contribution in [2.75, 3.05) is 5.32 Å². The first kappa shape index (κ1) is 17.8. The zero-order valence-corrected chi connectivity index (χ0v) is 17.0. The molecule has 0 saturated carbocycles. The second kappa shape index (κ2) is 6.68. The van der Waals surface area contributed by atoms with Gasteiger partial charge < -0.3 is 9.73 Å². The van der Waals surface area contributed by atoms with Crippen molar-refractivity contribution in [2.24, 2.45) is 0 Å². The summed E-state index contributed by atoms with van der Waals surface area (Å²) in [5.41, 5.74) is 2.90. The number of fused-ring (bicyclic) bond motifs is 2. The summed E-state index contributed by atoms with van der Waals surface area (Å²) in [6, 6.07) is 12.8. The highest BCUT2D eigenvalue weighted by molar-refractivity contribution is 7.19. The fraction of sp³-hybridized carbons (Fsp3) is 0.100. The van der Waals surface area contributed by atoms with Crippen molar-refractivity contribution in [1.29, 1.82) is 0 Å². The fourth-order valence-corrected chi connectivity index (χ4v) is 4.21. The van der Waals surface area contributed by atoms with Gasteiger partial charge in [-0.2, -0.15) is 9.61 Å². The van der Waals surface area contributed by atoms with Gasteiger partial charge in [-0.05, 0) is 44.2 Å². The highest BCUT2D eigenvalue weighted by Gasteiger charge is 2.18. The first-order chi connectivity index (χ1) is 14.0. The maximum absolute atomic E-state index is 12.8. The summed E-state index contributed by atoms with van der Waals surface area (Å²) < 4.78 is 7.45. The lowest BCUT2D eigenvalue weighted by Crippen LogP contribution is -2.12. The van der Waals surface area contributed by atoms with E-state index in [2.05, 4.69) is 20.6 Å². The molecule has 1 amide bonds. The molecule has 3 aromatic heterocycles. The number of nitrogens with zero attached hydrogens (tertiary/aromatic N) is 4. The van der Waals surface area contributed by atoms with E-state index in [0.717, 1.165) is 32.3 Å². The lowest BCUT2D eigenvalue weighted by molar-refractivity contribution is 0.0998. The Bertz CT molecular complexity index is 1400. The minimum absolute atomic E-state index is 0.266. The second-order valence-corrected chi connectivity index (χ2v) is 7.97. The van der Waals surface area contributed by atoms with Crippen LogP contribution in [0.25, 0.3) is 26.5 Å². The second-order valence-electron chi connectivity index (χ2n) is 6.58. The molecule has 1 N–H and O–H groups in total. The molecule has 2 aromatic carbocycles. The van der Waals surface area contributed by atoms with Gasteiger partial charge in [0.15, 0.2) is 11.6 Å². The standard InChI is InChI=1S/C20H14ClN5O2S/c1-10-15-9-13(21)6-7-16(15)28-17(10)18(27)22-14-5-3-4-12(8-14)19-25-26-11(2)23-24-20(26)29-19/h3-9H,1-2H3,(H,22,27). The van der Waals surface area contributed by atoms with Crippen LogP contribution in [0.1, 0.15) is 21.9 Å². The summed E-state index contributed by atoms with van der Waals surface area (Å²) in [6.07, 6.45) is 0. The fourth-order valence-electron chi connectivity index (χ4n) is 3.16. The number of hydrogen-bond donors (Lipinski definition) is 1. The van der Waals surface area contributed by atoms with Gasteiger partial charge >= 0.3 is 0 Å². The van der Waals surface area contributed by atoms with Crippen molar-refractivity contribution in [2.45, 2.75) is 13.8 Å². The molecule has 0 spiro atoms. The van der Waals surface area contributed by atoms with Gasteiger partial charge in [-0.1, -0.05) is 35.1 Å². The van der Waals surface area contributed by atoms with E-state index in [0.29, 0.717) is 16.3 Å². The predicted molar refractivity (Wildman–Crippen MR) is 113 cm³/mol. The zero-order valence-electron chi connectivity index (χ0n) is 15.4. The van der Waals surface area contributed by atoms with Crippen LogP contribution in [0.15, 0.2) is 46.9 Å². The molecule has 0 aliphatic rings. The quantitative estimate of drug-likeness (QED) is 0.435. The van der Waals surface area contributed by atoms with Gasteiger partial charge in [0.1, 0.15) is 10.6 Å². The van der Waals surface area contributed by atoms with Gasteiger partial charge in [0, 0.05) is 27.2 Å². The zero-order chi connectivity index (χ0) is 20.1.